The summed E-state index contributed by atoms with van der Waals surface area (Å²) < 4.78 is 85.3. The lowest BCUT2D eigenvalue weighted by atomic mass is 10.1. The minimum Gasteiger partial charge on any atom is -0.489 e. The number of aromatic carboxylic acids is 1. The Hall–Kier alpha value is -2.95. The maximum Gasteiger partial charge on any atom is 0.522 e. The molecule has 0 aromatic heterocycles. The van der Waals surface area contributed by atoms with Crippen LogP contribution in [0.15, 0.2) is 48.5 Å². The van der Waals surface area contributed by atoms with Gasteiger partial charge in [0.25, 0.3) is 0 Å². The van der Waals surface area contributed by atoms with Gasteiger partial charge in [0.15, 0.2) is 0 Å². The third-order valence-corrected chi connectivity index (χ3v) is 4.75. The molecule has 0 saturated carbocycles. The first-order valence-corrected chi connectivity index (χ1v) is 9.07. The molecule has 1 aliphatic rings. The average molecular weight is 449 g/mol. The molecule has 3 rings (SSSR count). The maximum absolute atomic E-state index is 12.7. The van der Waals surface area contributed by atoms with E-state index in [-0.39, 0.29) is 24.3 Å². The Morgan fingerprint density at radius 2 is 1.61 bits per heavy atom. The molecule has 1 aliphatic heterocycles. The van der Waals surface area contributed by atoms with Crippen LogP contribution in [0.2, 0.25) is 0 Å². The van der Waals surface area contributed by atoms with Gasteiger partial charge in [-0.15, -0.1) is 13.2 Å². The van der Waals surface area contributed by atoms with E-state index in [4.69, 9.17) is 9.84 Å². The second kappa shape index (κ2) is 8.66. The zero-order chi connectivity index (χ0) is 22.8. The number of carboxylic acids is 1. The van der Waals surface area contributed by atoms with Crippen LogP contribution in [-0.4, -0.2) is 42.7 Å². The van der Waals surface area contributed by atoms with Gasteiger partial charge < -0.3 is 14.7 Å². The third kappa shape index (κ3) is 6.03. The summed E-state index contributed by atoms with van der Waals surface area (Å²) >= 11 is 0. The summed E-state index contributed by atoms with van der Waals surface area (Å²) in [6, 6.07) is 8.84. The largest absolute Gasteiger partial charge is 0.522 e. The van der Waals surface area contributed by atoms with Crippen molar-refractivity contribution in [2.45, 2.75) is 31.1 Å². The first-order chi connectivity index (χ1) is 14.4. The Morgan fingerprint density at radius 1 is 1.00 bits per heavy atom. The van der Waals surface area contributed by atoms with Crippen LogP contribution in [0.4, 0.5) is 32.0 Å². The molecule has 2 aromatic carbocycles. The molecule has 2 aromatic rings. The molecule has 0 bridgehead atoms. The van der Waals surface area contributed by atoms with Crippen LogP contribution >= 0.6 is 0 Å². The first-order valence-electron chi connectivity index (χ1n) is 9.07. The highest BCUT2D eigenvalue weighted by molar-refractivity contribution is 5.88. The quantitative estimate of drug-likeness (QED) is 0.632. The molecule has 0 aliphatic carbocycles. The van der Waals surface area contributed by atoms with Gasteiger partial charge in [-0.2, -0.15) is 13.2 Å². The molecule has 0 unspecified atom stereocenters. The van der Waals surface area contributed by atoms with E-state index in [1.54, 1.807) is 4.90 Å². The molecule has 0 radical (unpaired) electrons. The van der Waals surface area contributed by atoms with E-state index < -0.39 is 42.8 Å². The fourth-order valence-corrected chi connectivity index (χ4v) is 3.33. The molecule has 5 nitrogen and oxygen atoms in total. The van der Waals surface area contributed by atoms with Gasteiger partial charge in [0.05, 0.1) is 30.3 Å². The van der Waals surface area contributed by atoms with Crippen LogP contribution in [0, 0.1) is 0 Å². The van der Waals surface area contributed by atoms with Crippen molar-refractivity contribution in [2.75, 3.05) is 18.1 Å². The van der Waals surface area contributed by atoms with Crippen LogP contribution in [0.3, 0.4) is 0 Å². The summed E-state index contributed by atoms with van der Waals surface area (Å²) in [5.74, 6) is -0.995. The Kier molecular flexibility index (Phi) is 6.35. The van der Waals surface area contributed by atoms with Crippen molar-refractivity contribution < 1.29 is 45.7 Å². The van der Waals surface area contributed by atoms with Gasteiger partial charge in [0, 0.05) is 12.1 Å². The Labute approximate surface area is 172 Å². The molecule has 1 saturated heterocycles. The van der Waals surface area contributed by atoms with Crippen molar-refractivity contribution in [1.29, 1.82) is 0 Å². The number of benzene rings is 2. The summed E-state index contributed by atoms with van der Waals surface area (Å²) in [7, 11) is 0. The number of anilines is 1. The number of hydrogen-bond donors (Lipinski definition) is 1. The number of nitrogens with zero attached hydrogens (tertiary/aromatic N) is 1. The molecule has 31 heavy (non-hydrogen) atoms. The van der Waals surface area contributed by atoms with E-state index in [1.165, 1.54) is 24.3 Å². The van der Waals surface area contributed by atoms with Crippen molar-refractivity contribution >= 4 is 11.7 Å². The average Bonchev–Trinajstić information content (AvgIpc) is 3.08. The third-order valence-electron chi connectivity index (χ3n) is 4.75. The fourth-order valence-electron chi connectivity index (χ4n) is 3.33. The Balaban J connectivity index is 1.74. The summed E-state index contributed by atoms with van der Waals surface area (Å²) in [5.41, 5.74) is -0.356. The normalized spacial score (nSPS) is 19.5. The summed E-state index contributed by atoms with van der Waals surface area (Å²) in [4.78, 5) is 12.6. The highest BCUT2D eigenvalue weighted by Gasteiger charge is 2.38. The van der Waals surface area contributed by atoms with Gasteiger partial charge in [-0.1, -0.05) is 0 Å². The minimum atomic E-state index is -4.83. The van der Waals surface area contributed by atoms with Crippen molar-refractivity contribution in [1.82, 2.24) is 0 Å². The summed E-state index contributed by atoms with van der Waals surface area (Å²) in [5, 5.41) is 8.99. The van der Waals surface area contributed by atoms with E-state index in [0.717, 1.165) is 24.3 Å². The topological polar surface area (TPSA) is 59.0 Å². The van der Waals surface area contributed by atoms with Crippen LogP contribution in [-0.2, 0) is 10.9 Å². The zero-order valence-corrected chi connectivity index (χ0v) is 15.8. The minimum absolute atomic E-state index is 0.0172. The number of halogens is 6. The predicted molar refractivity (Wildman–Crippen MR) is 97.0 cm³/mol. The molecule has 1 fully saturated rings. The zero-order valence-electron chi connectivity index (χ0n) is 15.8. The van der Waals surface area contributed by atoms with Gasteiger partial charge >= 0.3 is 18.5 Å². The molecule has 0 spiro atoms. The van der Waals surface area contributed by atoms with Crippen LogP contribution in [0.1, 0.15) is 22.3 Å². The van der Waals surface area contributed by atoms with Crippen LogP contribution < -0.4 is 9.64 Å². The van der Waals surface area contributed by atoms with E-state index in [9.17, 15) is 31.1 Å². The smallest absolute Gasteiger partial charge is 0.489 e. The van der Waals surface area contributed by atoms with Gasteiger partial charge in [0.2, 0.25) is 0 Å². The number of rotatable bonds is 6. The van der Waals surface area contributed by atoms with E-state index in [0.29, 0.717) is 5.69 Å². The van der Waals surface area contributed by atoms with Crippen molar-refractivity contribution in [3.8, 4) is 5.75 Å². The first kappa shape index (κ1) is 22.7. The van der Waals surface area contributed by atoms with Gasteiger partial charge in [-0.3, -0.25) is 4.74 Å². The number of ether oxygens (including phenoxy) is 2. The number of carboxylic acid groups (broad SMARTS) is 1. The lowest BCUT2D eigenvalue weighted by molar-refractivity contribution is -0.325. The van der Waals surface area contributed by atoms with E-state index >= 15 is 0 Å². The van der Waals surface area contributed by atoms with Gasteiger partial charge in [-0.05, 0) is 48.5 Å². The highest BCUT2D eigenvalue weighted by atomic mass is 19.4. The number of hydrogen-bond acceptors (Lipinski definition) is 4. The summed E-state index contributed by atoms with van der Waals surface area (Å²) in [6.45, 7) is -0.545. The van der Waals surface area contributed by atoms with Crippen molar-refractivity contribution in [2.24, 2.45) is 0 Å². The SMILES string of the molecule is O=C(O)c1ccc(N2C[C@H](Oc3ccc(C(F)(F)F)cc3)C[C@H]2COC(F)(F)F)cc1. The number of carbonyl (C=O) groups is 1. The molecule has 1 heterocycles. The van der Waals surface area contributed by atoms with E-state index in [1.807, 2.05) is 0 Å². The van der Waals surface area contributed by atoms with Crippen molar-refractivity contribution in [3.63, 3.8) is 0 Å². The molecule has 11 heteroatoms. The lowest BCUT2D eigenvalue weighted by Gasteiger charge is -2.26. The fraction of sp³-hybridized carbons (Fsp3) is 0.350. The molecule has 1 N–H and O–H groups in total. The second-order valence-corrected chi connectivity index (χ2v) is 6.91. The Bertz CT molecular complexity index is 896. The van der Waals surface area contributed by atoms with Gasteiger partial charge in [0.1, 0.15) is 11.9 Å². The summed E-state index contributed by atoms with van der Waals surface area (Å²) in [6.07, 6.45) is -9.81. The van der Waals surface area contributed by atoms with Crippen LogP contribution in [0.5, 0.6) is 5.75 Å². The second-order valence-electron chi connectivity index (χ2n) is 6.91. The highest BCUT2D eigenvalue weighted by Crippen LogP contribution is 2.33. The molecular weight excluding hydrogens is 432 g/mol. The lowest BCUT2D eigenvalue weighted by Crippen LogP contribution is -2.35. The molecular formula is C20H17F6NO4. The standard InChI is InChI=1S/C20H17F6NO4/c21-19(22,23)13-3-7-16(8-4-13)31-17-9-15(11-30-20(24,25)26)27(10-17)14-5-1-12(2-6-14)18(28)29/h1-8,15,17H,9-11H2,(H,28,29)/t15-,17+/m0/s1. The van der Waals surface area contributed by atoms with Gasteiger partial charge in [-0.25, -0.2) is 4.79 Å². The predicted octanol–water partition coefficient (Wildman–Crippen LogP) is 4.97. The monoisotopic (exact) mass is 449 g/mol. The van der Waals surface area contributed by atoms with E-state index in [2.05, 4.69) is 4.74 Å². The Morgan fingerprint density at radius 3 is 2.13 bits per heavy atom. The van der Waals surface area contributed by atoms with Crippen molar-refractivity contribution in [3.05, 3.63) is 59.7 Å². The maximum atomic E-state index is 12.7. The molecule has 168 valence electrons. The number of alkyl halides is 6. The molecule has 2 atom stereocenters. The molecule has 0 amide bonds. The van der Waals surface area contributed by atoms with Crippen LogP contribution in [0.25, 0.3) is 0 Å².